The average molecular weight is 259 g/mol. The number of anilines is 1. The van der Waals surface area contributed by atoms with Gasteiger partial charge in [0.25, 0.3) is 0 Å². The molecule has 2 rings (SSSR count). The number of hydrogen-bond donors (Lipinski definition) is 1. The van der Waals surface area contributed by atoms with E-state index in [-0.39, 0.29) is 12.0 Å². The van der Waals surface area contributed by atoms with Crippen molar-refractivity contribution in [1.82, 2.24) is 5.32 Å². The first-order valence-electron chi connectivity index (χ1n) is 6.40. The summed E-state index contributed by atoms with van der Waals surface area (Å²) in [6, 6.07) is 9.09. The molecule has 0 aliphatic carbocycles. The van der Waals surface area contributed by atoms with Gasteiger partial charge in [-0.1, -0.05) is 6.07 Å². The van der Waals surface area contributed by atoms with E-state index >= 15 is 0 Å². The zero-order valence-corrected chi connectivity index (χ0v) is 10.9. The zero-order chi connectivity index (χ0) is 13.7. The van der Waals surface area contributed by atoms with Crippen molar-refractivity contribution in [1.29, 1.82) is 5.26 Å². The van der Waals surface area contributed by atoms with Crippen LogP contribution in [0.5, 0.6) is 0 Å². The van der Waals surface area contributed by atoms with Crippen LogP contribution in [-0.2, 0) is 9.53 Å². The van der Waals surface area contributed by atoms with Gasteiger partial charge in [-0.15, -0.1) is 0 Å². The third kappa shape index (κ3) is 3.04. The van der Waals surface area contributed by atoms with Gasteiger partial charge in [-0.3, -0.25) is 0 Å². The maximum Gasteiger partial charge on any atom is 0.330 e. The minimum absolute atomic E-state index is 0.225. The van der Waals surface area contributed by atoms with Crippen molar-refractivity contribution in [2.75, 3.05) is 31.1 Å². The molecule has 1 atom stereocenters. The third-order valence-electron chi connectivity index (χ3n) is 3.11. The number of piperazine rings is 1. The van der Waals surface area contributed by atoms with Crippen molar-refractivity contribution in [2.24, 2.45) is 0 Å². The molecule has 0 saturated carbocycles. The average Bonchev–Trinajstić information content (AvgIpc) is 2.47. The molecular weight excluding hydrogens is 242 g/mol. The van der Waals surface area contributed by atoms with Gasteiger partial charge in [0.2, 0.25) is 0 Å². The van der Waals surface area contributed by atoms with Gasteiger partial charge in [0.15, 0.2) is 0 Å². The summed E-state index contributed by atoms with van der Waals surface area (Å²) in [6.45, 7) is 4.27. The topological polar surface area (TPSA) is 65.4 Å². The molecule has 1 aromatic carbocycles. The molecule has 5 nitrogen and oxygen atoms in total. The van der Waals surface area contributed by atoms with Gasteiger partial charge in [-0.25, -0.2) is 4.79 Å². The molecule has 1 saturated heterocycles. The third-order valence-corrected chi connectivity index (χ3v) is 3.11. The Bertz CT molecular complexity index is 496. The first-order valence-corrected chi connectivity index (χ1v) is 6.40. The van der Waals surface area contributed by atoms with Crippen molar-refractivity contribution in [2.45, 2.75) is 13.0 Å². The standard InChI is InChI=1S/C14H17N3O2/c1-2-19-14(18)13-10-16-6-7-17(13)12-5-3-4-11(8-12)9-15/h3-5,8,13,16H,2,6-7,10H2,1H3. The summed E-state index contributed by atoms with van der Waals surface area (Å²) in [5, 5.41) is 12.1. The van der Waals surface area contributed by atoms with E-state index in [1.54, 1.807) is 19.1 Å². The van der Waals surface area contributed by atoms with Gasteiger partial charge >= 0.3 is 5.97 Å². The molecule has 100 valence electrons. The first-order chi connectivity index (χ1) is 9.26. The normalized spacial score (nSPS) is 18.7. The number of carbonyl (C=O) groups is 1. The Morgan fingerprint density at radius 2 is 2.47 bits per heavy atom. The van der Waals surface area contributed by atoms with Crippen LogP contribution < -0.4 is 10.2 Å². The molecule has 19 heavy (non-hydrogen) atoms. The highest BCUT2D eigenvalue weighted by Gasteiger charge is 2.29. The first kappa shape index (κ1) is 13.4. The Balaban J connectivity index is 2.23. The van der Waals surface area contributed by atoms with E-state index in [0.717, 1.165) is 18.8 Å². The lowest BCUT2D eigenvalue weighted by Crippen LogP contribution is -2.55. The number of ether oxygens (including phenoxy) is 1. The number of nitriles is 1. The van der Waals surface area contributed by atoms with Crippen LogP contribution >= 0.6 is 0 Å². The molecule has 1 aliphatic heterocycles. The van der Waals surface area contributed by atoms with Crippen LogP contribution in [0.25, 0.3) is 0 Å². The predicted molar refractivity (Wildman–Crippen MR) is 71.8 cm³/mol. The van der Waals surface area contributed by atoms with Gasteiger partial charge in [-0.05, 0) is 25.1 Å². The fourth-order valence-corrected chi connectivity index (χ4v) is 2.22. The van der Waals surface area contributed by atoms with Crippen molar-refractivity contribution < 1.29 is 9.53 Å². The number of carbonyl (C=O) groups excluding carboxylic acids is 1. The van der Waals surface area contributed by atoms with Crippen molar-refractivity contribution in [3.8, 4) is 6.07 Å². The summed E-state index contributed by atoms with van der Waals surface area (Å²) in [4.78, 5) is 14.0. The Labute approximate surface area is 112 Å². The number of benzene rings is 1. The molecule has 1 unspecified atom stereocenters. The lowest BCUT2D eigenvalue weighted by atomic mass is 10.1. The molecule has 0 spiro atoms. The second kappa shape index (κ2) is 6.21. The lowest BCUT2D eigenvalue weighted by molar-refractivity contribution is -0.144. The molecular formula is C14H17N3O2. The van der Waals surface area contributed by atoms with Crippen LogP contribution in [0.2, 0.25) is 0 Å². The summed E-state index contributed by atoms with van der Waals surface area (Å²) < 4.78 is 5.10. The van der Waals surface area contributed by atoms with E-state index in [1.165, 1.54) is 0 Å². The van der Waals surface area contributed by atoms with Crippen LogP contribution in [0.4, 0.5) is 5.69 Å². The fraction of sp³-hybridized carbons (Fsp3) is 0.429. The molecule has 5 heteroatoms. The van der Waals surface area contributed by atoms with E-state index in [4.69, 9.17) is 10.00 Å². The minimum atomic E-state index is -0.331. The highest BCUT2D eigenvalue weighted by atomic mass is 16.5. The molecule has 0 amide bonds. The number of esters is 1. The van der Waals surface area contributed by atoms with Crippen LogP contribution in [0, 0.1) is 11.3 Å². The lowest BCUT2D eigenvalue weighted by Gasteiger charge is -2.36. The smallest absolute Gasteiger partial charge is 0.330 e. The molecule has 1 aromatic rings. The summed E-state index contributed by atoms with van der Waals surface area (Å²) in [5.41, 5.74) is 1.48. The Morgan fingerprint density at radius 1 is 1.63 bits per heavy atom. The van der Waals surface area contributed by atoms with Crippen molar-refractivity contribution in [3.05, 3.63) is 29.8 Å². The zero-order valence-electron chi connectivity index (χ0n) is 10.9. The van der Waals surface area contributed by atoms with Gasteiger partial charge in [0, 0.05) is 25.3 Å². The van der Waals surface area contributed by atoms with Crippen molar-refractivity contribution >= 4 is 11.7 Å². The van der Waals surface area contributed by atoms with E-state index in [2.05, 4.69) is 11.4 Å². The maximum absolute atomic E-state index is 12.0. The van der Waals surface area contributed by atoms with E-state index in [1.807, 2.05) is 17.0 Å². The van der Waals surface area contributed by atoms with E-state index < -0.39 is 0 Å². The SMILES string of the molecule is CCOC(=O)C1CNCCN1c1cccc(C#N)c1. The maximum atomic E-state index is 12.0. The molecule has 1 N–H and O–H groups in total. The Morgan fingerprint density at radius 3 is 3.21 bits per heavy atom. The summed E-state index contributed by atoms with van der Waals surface area (Å²) >= 11 is 0. The Hall–Kier alpha value is -2.06. The number of rotatable bonds is 3. The summed E-state index contributed by atoms with van der Waals surface area (Å²) in [5.74, 6) is -0.225. The molecule has 0 aromatic heterocycles. The quantitative estimate of drug-likeness (QED) is 0.817. The Kier molecular flexibility index (Phi) is 4.37. The van der Waals surface area contributed by atoms with E-state index in [0.29, 0.717) is 18.7 Å². The second-order valence-corrected chi connectivity index (χ2v) is 4.33. The van der Waals surface area contributed by atoms with Crippen LogP contribution in [0.3, 0.4) is 0 Å². The van der Waals surface area contributed by atoms with E-state index in [9.17, 15) is 4.79 Å². The monoisotopic (exact) mass is 259 g/mol. The highest BCUT2D eigenvalue weighted by Crippen LogP contribution is 2.20. The highest BCUT2D eigenvalue weighted by molar-refractivity contribution is 5.81. The molecule has 0 radical (unpaired) electrons. The number of hydrogen-bond acceptors (Lipinski definition) is 5. The van der Waals surface area contributed by atoms with Gasteiger partial charge in [-0.2, -0.15) is 5.26 Å². The molecule has 1 heterocycles. The van der Waals surface area contributed by atoms with Gasteiger partial charge < -0.3 is 15.0 Å². The second-order valence-electron chi connectivity index (χ2n) is 4.33. The molecule has 1 aliphatic rings. The van der Waals surface area contributed by atoms with Crippen LogP contribution in [0.15, 0.2) is 24.3 Å². The fourth-order valence-electron chi connectivity index (χ4n) is 2.22. The van der Waals surface area contributed by atoms with Crippen LogP contribution in [-0.4, -0.2) is 38.3 Å². The minimum Gasteiger partial charge on any atom is -0.464 e. The number of nitrogens with zero attached hydrogens (tertiary/aromatic N) is 2. The van der Waals surface area contributed by atoms with Gasteiger partial charge in [0.05, 0.1) is 18.2 Å². The van der Waals surface area contributed by atoms with Gasteiger partial charge in [0.1, 0.15) is 6.04 Å². The van der Waals surface area contributed by atoms with Crippen LogP contribution in [0.1, 0.15) is 12.5 Å². The predicted octanol–water partition coefficient (Wildman–Crippen LogP) is 0.900. The number of nitrogens with one attached hydrogen (secondary N) is 1. The molecule has 0 bridgehead atoms. The summed E-state index contributed by atoms with van der Waals surface area (Å²) in [6.07, 6.45) is 0. The summed E-state index contributed by atoms with van der Waals surface area (Å²) in [7, 11) is 0. The molecule has 1 fully saturated rings. The van der Waals surface area contributed by atoms with Crippen molar-refractivity contribution in [3.63, 3.8) is 0 Å². The largest absolute Gasteiger partial charge is 0.464 e.